The van der Waals surface area contributed by atoms with Gasteiger partial charge >= 0.3 is 6.55 Å². The molecule has 18 heavy (non-hydrogen) atoms. The van der Waals surface area contributed by atoms with E-state index in [1.165, 1.54) is 0 Å². The second kappa shape index (κ2) is 6.69. The molecule has 0 aromatic carbocycles. The van der Waals surface area contributed by atoms with Gasteiger partial charge in [-0.2, -0.15) is 14.0 Å². The Morgan fingerprint density at radius 1 is 1.67 bits per heavy atom. The maximum Gasteiger partial charge on any atom is 0.319 e. The van der Waals surface area contributed by atoms with Crippen LogP contribution in [0.4, 0.5) is 8.78 Å². The molecule has 5 nitrogen and oxygen atoms in total. The van der Waals surface area contributed by atoms with E-state index in [9.17, 15) is 13.6 Å². The lowest BCUT2D eigenvalue weighted by molar-refractivity contribution is -0.121. The number of amides is 1. The predicted octanol–water partition coefficient (Wildman–Crippen LogP) is 1.80. The molecule has 0 saturated heterocycles. The van der Waals surface area contributed by atoms with Crippen LogP contribution in [0.15, 0.2) is 12.4 Å². The molecule has 1 amide bonds. The topological polar surface area (TPSA) is 70.7 Å². The fourth-order valence-electron chi connectivity index (χ4n) is 1.44. The molecule has 1 aromatic rings. The van der Waals surface area contributed by atoms with Crippen molar-refractivity contribution in [1.29, 1.82) is 5.26 Å². The average molecular weight is 256 g/mol. The number of nitrogens with one attached hydrogen (secondary N) is 1. The molecule has 0 fully saturated rings. The van der Waals surface area contributed by atoms with Gasteiger partial charge in [-0.3, -0.25) is 9.36 Å². The lowest BCUT2D eigenvalue weighted by Gasteiger charge is -2.11. The third-order valence-electron chi connectivity index (χ3n) is 2.39. The fourth-order valence-corrected chi connectivity index (χ4v) is 1.44. The average Bonchev–Trinajstić information content (AvgIpc) is 2.79. The van der Waals surface area contributed by atoms with Crippen molar-refractivity contribution in [3.05, 3.63) is 18.2 Å². The third kappa shape index (κ3) is 3.26. The van der Waals surface area contributed by atoms with Crippen molar-refractivity contribution in [3.63, 3.8) is 0 Å². The summed E-state index contributed by atoms with van der Waals surface area (Å²) in [6.07, 6.45) is 3.85. The highest BCUT2D eigenvalue weighted by atomic mass is 19.3. The molecule has 0 saturated carbocycles. The van der Waals surface area contributed by atoms with Crippen LogP contribution in [0.2, 0.25) is 0 Å². The van der Waals surface area contributed by atoms with Crippen LogP contribution in [0.3, 0.4) is 0 Å². The van der Waals surface area contributed by atoms with Crippen LogP contribution in [0, 0.1) is 11.3 Å². The van der Waals surface area contributed by atoms with E-state index in [1.807, 2.05) is 6.92 Å². The maximum atomic E-state index is 12.6. The van der Waals surface area contributed by atoms with Gasteiger partial charge in [-0.25, -0.2) is 4.98 Å². The molecule has 0 radical (unpaired) electrons. The normalized spacial score (nSPS) is 12.2. The molecule has 1 rings (SSSR count). The highest BCUT2D eigenvalue weighted by molar-refractivity contribution is 5.85. The molecule has 0 spiro atoms. The standard InChI is InChI=1S/C11H14F2N4O/c1-2-3-4-16-10(18)8(7-14)9-15-5-6-17(9)11(12)13/h5-6,8,11H,2-4H2,1H3,(H,16,18)/t8-/m1/s1. The van der Waals surface area contributed by atoms with Crippen molar-refractivity contribution in [2.75, 3.05) is 6.54 Å². The molecule has 98 valence electrons. The quantitative estimate of drug-likeness (QED) is 0.789. The Balaban J connectivity index is 2.80. The van der Waals surface area contributed by atoms with Crippen LogP contribution in [0.5, 0.6) is 0 Å². The molecule has 1 heterocycles. The number of aromatic nitrogens is 2. The first-order valence-electron chi connectivity index (χ1n) is 5.60. The van der Waals surface area contributed by atoms with Crippen LogP contribution in [0.25, 0.3) is 0 Å². The second-order valence-electron chi connectivity index (χ2n) is 3.68. The minimum absolute atomic E-state index is 0.235. The second-order valence-corrected chi connectivity index (χ2v) is 3.68. The summed E-state index contributed by atoms with van der Waals surface area (Å²) in [6.45, 7) is -0.442. The van der Waals surface area contributed by atoms with Crippen LogP contribution in [-0.4, -0.2) is 22.0 Å². The number of nitrogens with zero attached hydrogens (tertiary/aromatic N) is 3. The van der Waals surface area contributed by atoms with Crippen molar-refractivity contribution in [2.45, 2.75) is 32.2 Å². The Bertz CT molecular complexity index is 438. The van der Waals surface area contributed by atoms with Crippen molar-refractivity contribution in [2.24, 2.45) is 0 Å². The third-order valence-corrected chi connectivity index (χ3v) is 2.39. The number of carbonyl (C=O) groups excluding carboxylic acids is 1. The number of carbonyl (C=O) groups is 1. The van der Waals surface area contributed by atoms with E-state index in [4.69, 9.17) is 5.26 Å². The Kier molecular flexibility index (Phi) is 5.24. The number of halogens is 2. The summed E-state index contributed by atoms with van der Waals surface area (Å²) in [5, 5.41) is 11.5. The zero-order valence-corrected chi connectivity index (χ0v) is 9.94. The molecule has 0 aliphatic carbocycles. The van der Waals surface area contributed by atoms with E-state index in [0.717, 1.165) is 25.2 Å². The SMILES string of the molecule is CCCCNC(=O)[C@H](C#N)c1nccn1C(F)F. The minimum Gasteiger partial charge on any atom is -0.355 e. The van der Waals surface area contributed by atoms with E-state index in [2.05, 4.69) is 10.3 Å². The van der Waals surface area contributed by atoms with E-state index in [0.29, 0.717) is 11.1 Å². The van der Waals surface area contributed by atoms with Gasteiger partial charge < -0.3 is 5.32 Å². The smallest absolute Gasteiger partial charge is 0.319 e. The molecule has 0 bridgehead atoms. The van der Waals surface area contributed by atoms with Gasteiger partial charge in [-0.15, -0.1) is 0 Å². The van der Waals surface area contributed by atoms with Gasteiger partial charge in [0, 0.05) is 18.9 Å². The van der Waals surface area contributed by atoms with E-state index in [-0.39, 0.29) is 5.82 Å². The Hall–Kier alpha value is -1.97. The molecular weight excluding hydrogens is 242 g/mol. The molecule has 0 aliphatic rings. The predicted molar refractivity (Wildman–Crippen MR) is 59.8 cm³/mol. The van der Waals surface area contributed by atoms with E-state index < -0.39 is 18.4 Å². The summed E-state index contributed by atoms with van der Waals surface area (Å²) < 4.78 is 25.7. The first kappa shape index (κ1) is 14.1. The molecule has 7 heteroatoms. The Morgan fingerprint density at radius 3 is 2.94 bits per heavy atom. The maximum absolute atomic E-state index is 12.6. The summed E-state index contributed by atoms with van der Waals surface area (Å²) in [5.74, 6) is -2.15. The highest BCUT2D eigenvalue weighted by Gasteiger charge is 2.26. The largest absolute Gasteiger partial charge is 0.355 e. The lowest BCUT2D eigenvalue weighted by atomic mass is 10.1. The van der Waals surface area contributed by atoms with Crippen molar-refractivity contribution in [3.8, 4) is 6.07 Å². The highest BCUT2D eigenvalue weighted by Crippen LogP contribution is 2.19. The Labute approximate surface area is 103 Å². The number of alkyl halides is 2. The number of rotatable bonds is 6. The summed E-state index contributed by atoms with van der Waals surface area (Å²) in [4.78, 5) is 15.3. The fraction of sp³-hybridized carbons (Fsp3) is 0.545. The van der Waals surface area contributed by atoms with Crippen LogP contribution in [0.1, 0.15) is 38.1 Å². The van der Waals surface area contributed by atoms with Gasteiger partial charge in [0.15, 0.2) is 5.92 Å². The van der Waals surface area contributed by atoms with Gasteiger partial charge in [-0.05, 0) is 6.42 Å². The first-order valence-corrected chi connectivity index (χ1v) is 5.60. The van der Waals surface area contributed by atoms with Gasteiger partial charge in [-0.1, -0.05) is 13.3 Å². The summed E-state index contributed by atoms with van der Waals surface area (Å²) in [7, 11) is 0. The number of hydrogen-bond donors (Lipinski definition) is 1. The molecule has 1 aromatic heterocycles. The number of hydrogen-bond acceptors (Lipinski definition) is 3. The van der Waals surface area contributed by atoms with Gasteiger partial charge in [0.1, 0.15) is 5.82 Å². The zero-order valence-electron chi connectivity index (χ0n) is 9.94. The zero-order chi connectivity index (χ0) is 13.5. The lowest BCUT2D eigenvalue weighted by Crippen LogP contribution is -2.31. The molecule has 0 aliphatic heterocycles. The van der Waals surface area contributed by atoms with E-state index in [1.54, 1.807) is 6.07 Å². The molecule has 1 atom stereocenters. The van der Waals surface area contributed by atoms with Crippen LogP contribution in [-0.2, 0) is 4.79 Å². The van der Waals surface area contributed by atoms with E-state index >= 15 is 0 Å². The minimum atomic E-state index is -2.82. The first-order chi connectivity index (χ1) is 8.61. The number of imidazole rings is 1. The monoisotopic (exact) mass is 256 g/mol. The van der Waals surface area contributed by atoms with Gasteiger partial charge in [0.05, 0.1) is 6.07 Å². The van der Waals surface area contributed by atoms with Crippen LogP contribution < -0.4 is 5.32 Å². The van der Waals surface area contributed by atoms with Crippen molar-refractivity contribution >= 4 is 5.91 Å². The molecule has 0 unspecified atom stereocenters. The van der Waals surface area contributed by atoms with Crippen LogP contribution >= 0.6 is 0 Å². The van der Waals surface area contributed by atoms with Gasteiger partial charge in [0.2, 0.25) is 5.91 Å². The number of nitriles is 1. The van der Waals surface area contributed by atoms with Gasteiger partial charge in [0.25, 0.3) is 0 Å². The van der Waals surface area contributed by atoms with Crippen molar-refractivity contribution in [1.82, 2.24) is 14.9 Å². The summed E-state index contributed by atoms with van der Waals surface area (Å²) in [6, 6.07) is 1.70. The van der Waals surface area contributed by atoms with Crippen molar-refractivity contribution < 1.29 is 13.6 Å². The molecular formula is C11H14F2N4O. The summed E-state index contributed by atoms with van der Waals surface area (Å²) >= 11 is 0. The molecule has 1 N–H and O–H groups in total. The Morgan fingerprint density at radius 2 is 2.39 bits per heavy atom. The number of unbranched alkanes of at least 4 members (excludes halogenated alkanes) is 1. The summed E-state index contributed by atoms with van der Waals surface area (Å²) in [5.41, 5.74) is 0.